The maximum absolute atomic E-state index is 4.43. The van der Waals surface area contributed by atoms with Gasteiger partial charge in [0.2, 0.25) is 0 Å². The van der Waals surface area contributed by atoms with Crippen molar-refractivity contribution in [2.45, 2.75) is 52.1 Å². The Labute approximate surface area is 123 Å². The van der Waals surface area contributed by atoms with Gasteiger partial charge in [-0.25, -0.2) is 0 Å². The van der Waals surface area contributed by atoms with E-state index >= 15 is 0 Å². The van der Waals surface area contributed by atoms with Crippen molar-refractivity contribution in [3.8, 4) is 0 Å². The lowest BCUT2D eigenvalue weighted by Gasteiger charge is -2.27. The van der Waals surface area contributed by atoms with Gasteiger partial charge in [-0.05, 0) is 44.0 Å². The SMILES string of the molecule is C=C=C(NC(CC)C(CC)NC)c1cc(CC)ccn1. The number of hydrogen-bond acceptors (Lipinski definition) is 3. The third-order valence-corrected chi connectivity index (χ3v) is 3.73. The summed E-state index contributed by atoms with van der Waals surface area (Å²) < 4.78 is 0. The Morgan fingerprint density at radius 1 is 1.30 bits per heavy atom. The number of pyridine rings is 1. The monoisotopic (exact) mass is 273 g/mol. The normalized spacial score (nSPS) is 13.4. The zero-order valence-corrected chi connectivity index (χ0v) is 13.2. The fraction of sp³-hybridized carbons (Fsp3) is 0.529. The largest absolute Gasteiger partial charge is 0.373 e. The van der Waals surface area contributed by atoms with Gasteiger partial charge in [0.1, 0.15) is 5.70 Å². The summed E-state index contributed by atoms with van der Waals surface area (Å²) in [5.41, 5.74) is 6.09. The van der Waals surface area contributed by atoms with Crippen molar-refractivity contribution in [2.75, 3.05) is 7.05 Å². The molecule has 20 heavy (non-hydrogen) atoms. The van der Waals surface area contributed by atoms with Gasteiger partial charge in [0.25, 0.3) is 0 Å². The molecule has 3 heteroatoms. The number of rotatable bonds is 8. The Bertz CT molecular complexity index is 457. The number of hydrogen-bond donors (Lipinski definition) is 2. The summed E-state index contributed by atoms with van der Waals surface area (Å²) in [5.74, 6) is 0. The first-order valence-electron chi connectivity index (χ1n) is 7.49. The molecule has 0 radical (unpaired) electrons. The van der Waals surface area contributed by atoms with Crippen LogP contribution in [0, 0.1) is 0 Å². The van der Waals surface area contributed by atoms with Crippen LogP contribution >= 0.6 is 0 Å². The molecule has 0 amide bonds. The topological polar surface area (TPSA) is 37.0 Å². The zero-order chi connectivity index (χ0) is 15.0. The number of nitrogens with zero attached hydrogens (tertiary/aromatic N) is 1. The van der Waals surface area contributed by atoms with E-state index < -0.39 is 0 Å². The maximum atomic E-state index is 4.43. The van der Waals surface area contributed by atoms with Gasteiger partial charge in [-0.1, -0.05) is 27.4 Å². The van der Waals surface area contributed by atoms with E-state index in [1.807, 2.05) is 19.3 Å². The summed E-state index contributed by atoms with van der Waals surface area (Å²) in [6.45, 7) is 10.3. The summed E-state index contributed by atoms with van der Waals surface area (Å²) in [4.78, 5) is 4.43. The quantitative estimate of drug-likeness (QED) is 0.715. The summed E-state index contributed by atoms with van der Waals surface area (Å²) in [7, 11) is 2.01. The van der Waals surface area contributed by atoms with Crippen molar-refractivity contribution in [1.29, 1.82) is 0 Å². The zero-order valence-electron chi connectivity index (χ0n) is 13.2. The molecule has 3 nitrogen and oxygen atoms in total. The molecule has 2 N–H and O–H groups in total. The van der Waals surface area contributed by atoms with E-state index in [1.165, 1.54) is 5.56 Å². The van der Waals surface area contributed by atoms with Gasteiger partial charge in [0.15, 0.2) is 0 Å². The van der Waals surface area contributed by atoms with Gasteiger partial charge in [0, 0.05) is 18.3 Å². The maximum Gasteiger partial charge on any atom is 0.103 e. The number of aryl methyl sites for hydroxylation is 1. The molecule has 0 saturated heterocycles. The minimum Gasteiger partial charge on any atom is -0.373 e. The van der Waals surface area contributed by atoms with Gasteiger partial charge in [0.05, 0.1) is 5.69 Å². The second kappa shape index (κ2) is 8.57. The molecule has 0 saturated carbocycles. The standard InChI is InChI=1S/C17H27N3/c1-6-13-10-11-19-17(12-13)16(9-4)20-15(8-3)14(7-2)18-5/h10-12,14-15,18,20H,4,6-8H2,1-3,5H3. The van der Waals surface area contributed by atoms with E-state index in [9.17, 15) is 0 Å². The first kappa shape index (κ1) is 16.5. The molecule has 1 aromatic heterocycles. The fourth-order valence-electron chi connectivity index (χ4n) is 2.41. The lowest BCUT2D eigenvalue weighted by atomic mass is 10.0. The Morgan fingerprint density at radius 3 is 2.50 bits per heavy atom. The van der Waals surface area contributed by atoms with E-state index in [0.29, 0.717) is 12.1 Å². The van der Waals surface area contributed by atoms with E-state index in [-0.39, 0.29) is 0 Å². The van der Waals surface area contributed by atoms with Gasteiger partial charge in [-0.2, -0.15) is 0 Å². The summed E-state index contributed by atoms with van der Waals surface area (Å²) in [6, 6.07) is 4.93. The van der Waals surface area contributed by atoms with E-state index in [2.05, 4.69) is 54.8 Å². The first-order valence-corrected chi connectivity index (χ1v) is 7.49. The van der Waals surface area contributed by atoms with Gasteiger partial charge in [-0.3, -0.25) is 4.98 Å². The molecule has 0 aliphatic carbocycles. The molecule has 0 fully saturated rings. The predicted octanol–water partition coefficient (Wildman–Crippen LogP) is 3.14. The van der Waals surface area contributed by atoms with Crippen LogP contribution in [0.5, 0.6) is 0 Å². The molecule has 1 heterocycles. The lowest BCUT2D eigenvalue weighted by Crippen LogP contribution is -2.45. The molecule has 110 valence electrons. The van der Waals surface area contributed by atoms with Crippen LogP contribution in [0.4, 0.5) is 0 Å². The first-order chi connectivity index (χ1) is 9.69. The summed E-state index contributed by atoms with van der Waals surface area (Å²) in [5, 5.41) is 6.90. The average Bonchev–Trinajstić information content (AvgIpc) is 2.51. The third-order valence-electron chi connectivity index (χ3n) is 3.73. The van der Waals surface area contributed by atoms with Gasteiger partial charge >= 0.3 is 0 Å². The van der Waals surface area contributed by atoms with Gasteiger partial charge in [-0.15, -0.1) is 5.73 Å². The van der Waals surface area contributed by atoms with Crippen molar-refractivity contribution in [3.05, 3.63) is 41.9 Å². The molecule has 2 unspecified atom stereocenters. The van der Waals surface area contributed by atoms with E-state index in [0.717, 1.165) is 30.7 Å². The highest BCUT2D eigenvalue weighted by atomic mass is 15.0. The molecule has 0 aliphatic rings. The molecule has 0 bridgehead atoms. The van der Waals surface area contributed by atoms with Crippen LogP contribution in [0.1, 0.15) is 44.9 Å². The number of likely N-dealkylation sites (N-methyl/N-ethyl adjacent to an activating group) is 1. The van der Waals surface area contributed by atoms with Crippen LogP contribution in [-0.4, -0.2) is 24.1 Å². The van der Waals surface area contributed by atoms with Gasteiger partial charge < -0.3 is 10.6 Å². The Kier molecular flexibility index (Phi) is 7.06. The Balaban J connectivity index is 2.93. The summed E-state index contributed by atoms with van der Waals surface area (Å²) in [6.07, 6.45) is 4.97. The minimum atomic E-state index is 0.348. The van der Waals surface area contributed by atoms with Crippen molar-refractivity contribution in [1.82, 2.24) is 15.6 Å². The molecule has 0 spiro atoms. The minimum absolute atomic E-state index is 0.348. The van der Waals surface area contributed by atoms with E-state index in [4.69, 9.17) is 0 Å². The highest BCUT2D eigenvalue weighted by Gasteiger charge is 2.18. The summed E-state index contributed by atoms with van der Waals surface area (Å²) >= 11 is 0. The molecule has 0 aliphatic heterocycles. The molecular formula is C17H27N3. The molecule has 1 aromatic rings. The Morgan fingerprint density at radius 2 is 2.00 bits per heavy atom. The fourth-order valence-corrected chi connectivity index (χ4v) is 2.41. The number of aromatic nitrogens is 1. The smallest absolute Gasteiger partial charge is 0.103 e. The second-order valence-corrected chi connectivity index (χ2v) is 4.92. The van der Waals surface area contributed by atoms with Crippen LogP contribution < -0.4 is 10.6 Å². The average molecular weight is 273 g/mol. The number of nitrogens with one attached hydrogen (secondary N) is 2. The molecule has 2 atom stereocenters. The van der Waals surface area contributed by atoms with Crippen LogP contribution in [-0.2, 0) is 6.42 Å². The predicted molar refractivity (Wildman–Crippen MR) is 86.5 cm³/mol. The third kappa shape index (κ3) is 4.22. The van der Waals surface area contributed by atoms with Crippen LogP contribution in [0.2, 0.25) is 0 Å². The lowest BCUT2D eigenvalue weighted by molar-refractivity contribution is 0.404. The molecular weight excluding hydrogens is 246 g/mol. The van der Waals surface area contributed by atoms with Crippen molar-refractivity contribution in [2.24, 2.45) is 0 Å². The van der Waals surface area contributed by atoms with Crippen molar-refractivity contribution < 1.29 is 0 Å². The van der Waals surface area contributed by atoms with Crippen molar-refractivity contribution in [3.63, 3.8) is 0 Å². The molecule has 1 rings (SSSR count). The van der Waals surface area contributed by atoms with Crippen LogP contribution in [0.3, 0.4) is 0 Å². The second-order valence-electron chi connectivity index (χ2n) is 4.92. The highest BCUT2D eigenvalue weighted by molar-refractivity contribution is 5.60. The van der Waals surface area contributed by atoms with Crippen LogP contribution in [0.25, 0.3) is 5.70 Å². The van der Waals surface area contributed by atoms with E-state index in [1.54, 1.807) is 0 Å². The molecule has 0 aromatic carbocycles. The highest BCUT2D eigenvalue weighted by Crippen LogP contribution is 2.13. The Hall–Kier alpha value is -1.57. The van der Waals surface area contributed by atoms with Crippen molar-refractivity contribution >= 4 is 5.70 Å². The van der Waals surface area contributed by atoms with Crippen LogP contribution in [0.15, 0.2) is 30.6 Å².